The topological polar surface area (TPSA) is 87.7 Å². The quantitative estimate of drug-likeness (QED) is 0.322. The summed E-state index contributed by atoms with van der Waals surface area (Å²) in [5, 5.41) is 10.6. The molecule has 2 saturated heterocycles. The van der Waals surface area contributed by atoms with Crippen LogP contribution in [0.4, 0.5) is 4.79 Å². The second kappa shape index (κ2) is 8.72. The number of nitrogens with zero attached hydrogens (tertiary/aromatic N) is 2. The highest BCUT2D eigenvalue weighted by molar-refractivity contribution is 7.22. The number of carbonyl (C=O) groups is 1. The molecule has 0 aliphatic carbocycles. The largest absolute Gasteiger partial charge is 0.494 e. The monoisotopic (exact) mass is 515 g/mol. The Morgan fingerprint density at radius 3 is 2.49 bits per heavy atom. The molecule has 4 heterocycles. The Kier molecular flexibility index (Phi) is 5.71. The van der Waals surface area contributed by atoms with Crippen molar-refractivity contribution >= 4 is 40.1 Å². The molecule has 2 aromatic heterocycles. The summed E-state index contributed by atoms with van der Waals surface area (Å²) in [5.41, 5.74) is 3.37. The Bertz CT molecular complexity index is 1460. The van der Waals surface area contributed by atoms with E-state index >= 15 is 0 Å². The first-order chi connectivity index (χ1) is 17.6. The third-order valence-corrected chi connectivity index (χ3v) is 9.11. The number of hydrogen-bond acceptors (Lipinski definition) is 5. The fraction of sp³-hybridized carbons (Fsp3) is 0.357. The van der Waals surface area contributed by atoms with Crippen LogP contribution < -0.4 is 5.46 Å². The number of likely N-dealkylation sites (tertiary alicyclic amines) is 1. The summed E-state index contributed by atoms with van der Waals surface area (Å²) in [6.07, 6.45) is 2.55. The molecule has 7 nitrogen and oxygen atoms in total. The number of nitrogens with one attached hydrogen (secondary N) is 1. The van der Waals surface area contributed by atoms with Crippen LogP contribution in [0.15, 0.2) is 54.7 Å². The van der Waals surface area contributed by atoms with E-state index in [1.165, 1.54) is 19.9 Å². The second-order valence-corrected chi connectivity index (χ2v) is 12.0. The predicted octanol–water partition coefficient (Wildman–Crippen LogP) is 6.07. The van der Waals surface area contributed by atoms with Crippen LogP contribution in [0.1, 0.15) is 52.4 Å². The van der Waals surface area contributed by atoms with Crippen LogP contribution in [0, 0.1) is 0 Å². The van der Waals surface area contributed by atoms with Crippen LogP contribution >= 0.6 is 11.3 Å². The van der Waals surface area contributed by atoms with Crippen molar-refractivity contribution in [3.8, 4) is 21.7 Å². The minimum Gasteiger partial charge on any atom is -0.465 e. The van der Waals surface area contributed by atoms with Crippen molar-refractivity contribution in [2.24, 2.45) is 0 Å². The molecule has 1 unspecified atom stereocenters. The Morgan fingerprint density at radius 2 is 1.78 bits per heavy atom. The zero-order valence-corrected chi connectivity index (χ0v) is 22.3. The predicted molar refractivity (Wildman–Crippen MR) is 147 cm³/mol. The van der Waals surface area contributed by atoms with Gasteiger partial charge in [-0.2, -0.15) is 0 Å². The van der Waals surface area contributed by atoms with Gasteiger partial charge in [0.15, 0.2) is 0 Å². The molecule has 2 aromatic carbocycles. The summed E-state index contributed by atoms with van der Waals surface area (Å²) in [4.78, 5) is 22.0. The molecular weight excluding hydrogens is 485 g/mol. The van der Waals surface area contributed by atoms with Gasteiger partial charge in [-0.1, -0.05) is 36.4 Å². The molecule has 2 N–H and O–H groups in total. The van der Waals surface area contributed by atoms with Crippen molar-refractivity contribution in [2.45, 2.75) is 57.8 Å². The lowest BCUT2D eigenvalue weighted by Crippen LogP contribution is -2.41. The van der Waals surface area contributed by atoms with E-state index in [1.54, 1.807) is 17.5 Å². The van der Waals surface area contributed by atoms with Crippen molar-refractivity contribution in [2.75, 3.05) is 6.54 Å². The van der Waals surface area contributed by atoms with Crippen LogP contribution in [0.25, 0.3) is 31.8 Å². The Labute approximate surface area is 220 Å². The van der Waals surface area contributed by atoms with Gasteiger partial charge in [-0.25, -0.2) is 9.78 Å². The number of fused-ring (bicyclic) bond motifs is 1. The van der Waals surface area contributed by atoms with Gasteiger partial charge in [0.2, 0.25) is 0 Å². The smallest absolute Gasteiger partial charge is 0.465 e. The van der Waals surface area contributed by atoms with E-state index in [1.807, 2.05) is 0 Å². The molecule has 190 valence electrons. The summed E-state index contributed by atoms with van der Waals surface area (Å²) in [5.74, 6) is 0.710. The number of aromatic nitrogens is 2. The highest BCUT2D eigenvalue weighted by Gasteiger charge is 2.51. The maximum atomic E-state index is 11.5. The van der Waals surface area contributed by atoms with Crippen LogP contribution in [-0.4, -0.2) is 50.9 Å². The Morgan fingerprint density at radius 1 is 1.08 bits per heavy atom. The number of rotatable bonds is 4. The SMILES string of the molecule is CC1(C)OB(c2ccc3cc(-c4ccc(-c5cnc(C6CCCN6C(=O)O)[nH]5)cc4)sc3c2)OC1(C)C. The fourth-order valence-corrected chi connectivity index (χ4v) is 6.18. The highest BCUT2D eigenvalue weighted by Crippen LogP contribution is 2.38. The van der Waals surface area contributed by atoms with Crippen molar-refractivity contribution in [3.63, 3.8) is 0 Å². The van der Waals surface area contributed by atoms with Gasteiger partial charge in [-0.15, -0.1) is 11.3 Å². The van der Waals surface area contributed by atoms with Gasteiger partial charge in [0.05, 0.1) is 29.1 Å². The summed E-state index contributed by atoms with van der Waals surface area (Å²) in [7, 11) is -0.370. The molecule has 2 fully saturated rings. The van der Waals surface area contributed by atoms with E-state index in [2.05, 4.69) is 86.2 Å². The first kappa shape index (κ1) is 24.2. The normalized spacial score (nSPS) is 20.7. The number of aromatic amines is 1. The molecule has 9 heteroatoms. The minimum absolute atomic E-state index is 0.203. The van der Waals surface area contributed by atoms with Gasteiger partial charge in [0.25, 0.3) is 0 Å². The van der Waals surface area contributed by atoms with Gasteiger partial charge in [0, 0.05) is 16.1 Å². The Balaban J connectivity index is 1.22. The molecule has 2 aliphatic heterocycles. The van der Waals surface area contributed by atoms with Crippen LogP contribution in [0.3, 0.4) is 0 Å². The summed E-state index contributed by atoms with van der Waals surface area (Å²) >= 11 is 1.76. The molecule has 1 atom stereocenters. The first-order valence-electron chi connectivity index (χ1n) is 12.7. The summed E-state index contributed by atoms with van der Waals surface area (Å²) in [6.45, 7) is 8.84. The second-order valence-electron chi connectivity index (χ2n) is 10.9. The molecule has 4 aromatic rings. The van der Waals surface area contributed by atoms with Crippen LogP contribution in [-0.2, 0) is 9.31 Å². The average Bonchev–Trinajstić information content (AvgIpc) is 3.64. The number of imidazole rings is 1. The van der Waals surface area contributed by atoms with Crippen LogP contribution in [0.2, 0.25) is 0 Å². The van der Waals surface area contributed by atoms with E-state index in [0.717, 1.165) is 35.1 Å². The molecule has 1 amide bonds. The summed E-state index contributed by atoms with van der Waals surface area (Å²) < 4.78 is 13.7. The molecule has 0 spiro atoms. The van der Waals surface area contributed by atoms with Crippen molar-refractivity contribution in [1.29, 1.82) is 0 Å². The maximum absolute atomic E-state index is 11.5. The fourth-order valence-electron chi connectivity index (χ4n) is 5.06. The van der Waals surface area contributed by atoms with Gasteiger partial charge in [-0.3, -0.25) is 4.90 Å². The van der Waals surface area contributed by atoms with Crippen molar-refractivity contribution in [1.82, 2.24) is 14.9 Å². The summed E-state index contributed by atoms with van der Waals surface area (Å²) in [6, 6.07) is 16.8. The lowest BCUT2D eigenvalue weighted by atomic mass is 9.79. The molecule has 0 bridgehead atoms. The van der Waals surface area contributed by atoms with Gasteiger partial charge < -0.3 is 19.4 Å². The zero-order chi connectivity index (χ0) is 25.9. The number of H-pyrrole nitrogens is 1. The lowest BCUT2D eigenvalue weighted by Gasteiger charge is -2.32. The minimum atomic E-state index is -0.892. The van der Waals surface area contributed by atoms with Gasteiger partial charge >= 0.3 is 13.2 Å². The molecule has 2 aliphatic rings. The van der Waals surface area contributed by atoms with Crippen molar-refractivity contribution < 1.29 is 19.2 Å². The molecule has 6 rings (SSSR count). The number of carboxylic acid groups (broad SMARTS) is 1. The van der Waals surface area contributed by atoms with E-state index in [9.17, 15) is 9.90 Å². The maximum Gasteiger partial charge on any atom is 0.494 e. The van der Waals surface area contributed by atoms with E-state index in [4.69, 9.17) is 9.31 Å². The standard InChI is InChI=1S/C28H30BN3O4S/c1-27(2)28(3,4)36-29(35-27)20-12-11-19-14-23(37-24(19)15-20)18-9-7-17(8-10-18)21-16-30-25(31-21)22-6-5-13-32(22)26(33)34/h7-12,14-16,22H,5-6,13H2,1-4H3,(H,30,31)(H,33,34). The molecule has 0 radical (unpaired) electrons. The van der Waals surface area contributed by atoms with Gasteiger partial charge in [-0.05, 0) is 74.6 Å². The third-order valence-electron chi connectivity index (χ3n) is 7.96. The Hall–Kier alpha value is -3.14. The lowest BCUT2D eigenvalue weighted by molar-refractivity contribution is 0.00578. The number of amides is 1. The highest BCUT2D eigenvalue weighted by atomic mass is 32.1. The molecule has 37 heavy (non-hydrogen) atoms. The first-order valence-corrected chi connectivity index (χ1v) is 13.5. The van der Waals surface area contributed by atoms with Crippen LogP contribution in [0.5, 0.6) is 0 Å². The number of benzene rings is 2. The van der Waals surface area contributed by atoms with E-state index in [-0.39, 0.29) is 24.4 Å². The van der Waals surface area contributed by atoms with E-state index < -0.39 is 6.09 Å². The average molecular weight is 515 g/mol. The molecule has 0 saturated carbocycles. The number of hydrogen-bond donors (Lipinski definition) is 2. The van der Waals surface area contributed by atoms with E-state index in [0.29, 0.717) is 12.4 Å². The molecular formula is C28H30BN3O4S. The third kappa shape index (κ3) is 4.25. The van der Waals surface area contributed by atoms with Gasteiger partial charge in [0.1, 0.15) is 5.82 Å². The number of thiophene rings is 1. The van der Waals surface area contributed by atoms with Crippen molar-refractivity contribution in [3.05, 3.63) is 60.6 Å². The zero-order valence-electron chi connectivity index (χ0n) is 21.4.